The number of amides is 3. The smallest absolute Gasteiger partial charge is 0.409 e. The van der Waals surface area contributed by atoms with Gasteiger partial charge in [-0.2, -0.15) is 0 Å². The summed E-state index contributed by atoms with van der Waals surface area (Å²) in [4.78, 5) is 39.6. The van der Waals surface area contributed by atoms with Crippen molar-refractivity contribution in [1.29, 1.82) is 0 Å². The normalized spacial score (nSPS) is 15.5. The number of anilines is 1. The monoisotopic (exact) mass is 706 g/mol. The molecule has 0 unspecified atom stereocenters. The summed E-state index contributed by atoms with van der Waals surface area (Å²) >= 11 is 0. The first-order chi connectivity index (χ1) is 21.8. The van der Waals surface area contributed by atoms with Gasteiger partial charge in [0, 0.05) is 43.1 Å². The second-order valence-electron chi connectivity index (χ2n) is 14.0. The third kappa shape index (κ3) is 8.93. The Morgan fingerprint density at radius 2 is 1.45 bits per heavy atom. The fourth-order valence-corrected chi connectivity index (χ4v) is 6.53. The van der Waals surface area contributed by atoms with Crippen LogP contribution in [0, 0.1) is 0 Å². The van der Waals surface area contributed by atoms with Crippen molar-refractivity contribution in [1.82, 2.24) is 10.2 Å². The molecule has 1 fully saturated rings. The Balaban J connectivity index is 0.00000500. The van der Waals surface area contributed by atoms with Crippen molar-refractivity contribution >= 4 is 23.8 Å². The van der Waals surface area contributed by atoms with Crippen LogP contribution in [0.15, 0.2) is 72.8 Å². The van der Waals surface area contributed by atoms with E-state index < -0.39 is 17.7 Å². The Kier molecular flexibility index (Phi) is 11.4. The zero-order valence-electron chi connectivity index (χ0n) is 28.2. The summed E-state index contributed by atoms with van der Waals surface area (Å²) in [5, 5.41) is 5.42. The van der Waals surface area contributed by atoms with Crippen molar-refractivity contribution < 1.29 is 45.3 Å². The van der Waals surface area contributed by atoms with Crippen molar-refractivity contribution in [2.24, 2.45) is 0 Å². The van der Waals surface area contributed by atoms with E-state index in [1.807, 2.05) is 41.3 Å². The summed E-state index contributed by atoms with van der Waals surface area (Å²) in [6.07, 6.45) is 0.926. The lowest BCUT2D eigenvalue weighted by atomic mass is 9.98. The third-order valence-corrected chi connectivity index (χ3v) is 8.99. The number of carbonyl (C=O) groups is 3. The maximum Gasteiger partial charge on any atom is 0.409 e. The van der Waals surface area contributed by atoms with Crippen LogP contribution in [0.5, 0.6) is 0 Å². The van der Waals surface area contributed by atoms with Crippen molar-refractivity contribution in [2.45, 2.75) is 70.7 Å². The molecule has 5 rings (SSSR count). The standard InChI is InChI=1S/C37H46N4O5.BrH/c1-25(38-35(43)46-37(2,3)4)34(42)39-27-17-15-26(16-18-27)23-41(5,6)28-19-21-40(22-20-28)36(44)45-24-33-31-13-9-7-11-29(31)30-12-8-10-14-32(30)33;/h7-18,25,28,33H,19-24H2,1-6H3,(H-,38,39,42,43);1H/t25-;/m0./s1. The van der Waals surface area contributed by atoms with Crippen molar-refractivity contribution in [3.63, 3.8) is 0 Å². The lowest BCUT2D eigenvalue weighted by Crippen LogP contribution is -3.00. The first-order valence-corrected chi connectivity index (χ1v) is 16.1. The van der Waals surface area contributed by atoms with Gasteiger partial charge in [0.25, 0.3) is 0 Å². The SMILES string of the molecule is C[C@H](NC(=O)OC(C)(C)C)C(=O)Nc1ccc(C[N+](C)(C)C2CCN(C(=O)OCC3c4ccccc4-c4ccccc43)CC2)cc1.[Br-]. The molecule has 9 nitrogen and oxygen atoms in total. The Morgan fingerprint density at radius 1 is 0.894 bits per heavy atom. The first-order valence-electron chi connectivity index (χ1n) is 16.1. The number of hydrogen-bond acceptors (Lipinski definition) is 5. The minimum Gasteiger partial charge on any atom is -1.00 e. The average molecular weight is 708 g/mol. The van der Waals surface area contributed by atoms with E-state index in [4.69, 9.17) is 9.47 Å². The summed E-state index contributed by atoms with van der Waals surface area (Å²) in [5.41, 5.74) is 6.06. The van der Waals surface area contributed by atoms with Crippen LogP contribution in [0.3, 0.4) is 0 Å². The molecule has 10 heteroatoms. The molecular formula is C37H47BrN4O5. The van der Waals surface area contributed by atoms with Gasteiger partial charge in [-0.15, -0.1) is 0 Å². The van der Waals surface area contributed by atoms with Crippen LogP contribution >= 0.6 is 0 Å². The topological polar surface area (TPSA) is 97.0 Å². The zero-order valence-corrected chi connectivity index (χ0v) is 29.8. The fourth-order valence-electron chi connectivity index (χ4n) is 6.53. The van der Waals surface area contributed by atoms with Gasteiger partial charge in [0.2, 0.25) is 5.91 Å². The van der Waals surface area contributed by atoms with E-state index in [9.17, 15) is 14.4 Å². The molecule has 0 saturated carbocycles. The molecule has 2 aliphatic rings. The molecule has 1 atom stereocenters. The van der Waals surface area contributed by atoms with Crippen molar-refractivity contribution in [3.05, 3.63) is 89.5 Å². The molecule has 1 aliphatic carbocycles. The number of likely N-dealkylation sites (tertiary alicyclic amines) is 1. The van der Waals surface area contributed by atoms with Crippen LogP contribution in [0.1, 0.15) is 63.1 Å². The average Bonchev–Trinajstić information content (AvgIpc) is 3.33. The number of alkyl carbamates (subject to hydrolysis) is 1. The molecule has 0 aromatic heterocycles. The highest BCUT2D eigenvalue weighted by Crippen LogP contribution is 2.44. The van der Waals surface area contributed by atoms with Crippen LogP contribution < -0.4 is 27.6 Å². The van der Waals surface area contributed by atoms with E-state index in [2.05, 4.69) is 61.1 Å². The molecule has 1 saturated heterocycles. The number of ether oxygens (including phenoxy) is 2. The minimum atomic E-state index is -0.746. The summed E-state index contributed by atoms with van der Waals surface area (Å²) < 4.78 is 11.9. The molecule has 1 heterocycles. The zero-order chi connectivity index (χ0) is 33.1. The summed E-state index contributed by atoms with van der Waals surface area (Å²) in [6, 6.07) is 24.2. The predicted octanol–water partition coefficient (Wildman–Crippen LogP) is 3.53. The third-order valence-electron chi connectivity index (χ3n) is 8.99. The van der Waals surface area contributed by atoms with Gasteiger partial charge >= 0.3 is 12.2 Å². The van der Waals surface area contributed by atoms with Gasteiger partial charge in [-0.1, -0.05) is 60.7 Å². The molecule has 0 bridgehead atoms. The number of fused-ring (bicyclic) bond motifs is 3. The molecule has 3 aromatic carbocycles. The van der Waals surface area contributed by atoms with E-state index in [1.165, 1.54) is 22.3 Å². The van der Waals surface area contributed by atoms with Crippen LogP contribution in [0.25, 0.3) is 11.1 Å². The Bertz CT molecular complexity index is 1520. The molecule has 0 spiro atoms. The summed E-state index contributed by atoms with van der Waals surface area (Å²) in [7, 11) is 4.46. The maximum absolute atomic E-state index is 13.1. The number of carbonyl (C=O) groups excluding carboxylic acids is 3. The number of benzene rings is 3. The minimum absolute atomic E-state index is 0. The second-order valence-corrected chi connectivity index (χ2v) is 14.0. The highest BCUT2D eigenvalue weighted by Gasteiger charge is 2.35. The fraction of sp³-hybridized carbons (Fsp3) is 0.432. The predicted molar refractivity (Wildman–Crippen MR) is 179 cm³/mol. The molecule has 3 amide bonds. The van der Waals surface area contributed by atoms with E-state index in [0.717, 1.165) is 29.4 Å². The van der Waals surface area contributed by atoms with E-state index in [0.29, 0.717) is 31.4 Å². The van der Waals surface area contributed by atoms with Crippen molar-refractivity contribution in [2.75, 3.05) is 39.1 Å². The van der Waals surface area contributed by atoms with Gasteiger partial charge in [-0.25, -0.2) is 9.59 Å². The van der Waals surface area contributed by atoms with Crippen LogP contribution in [0.4, 0.5) is 15.3 Å². The van der Waals surface area contributed by atoms with E-state index >= 15 is 0 Å². The van der Waals surface area contributed by atoms with Crippen LogP contribution in [0.2, 0.25) is 0 Å². The largest absolute Gasteiger partial charge is 1.00 e. The highest BCUT2D eigenvalue weighted by atomic mass is 79.9. The lowest BCUT2D eigenvalue weighted by Gasteiger charge is -2.42. The number of quaternary nitrogens is 1. The number of hydrogen-bond donors (Lipinski definition) is 2. The molecule has 0 radical (unpaired) electrons. The van der Waals surface area contributed by atoms with Gasteiger partial charge in [0.1, 0.15) is 24.8 Å². The maximum atomic E-state index is 13.1. The number of rotatable bonds is 8. The van der Waals surface area contributed by atoms with Gasteiger partial charge in [0.15, 0.2) is 0 Å². The molecule has 47 heavy (non-hydrogen) atoms. The molecule has 2 N–H and O–H groups in total. The molecule has 252 valence electrons. The quantitative estimate of drug-likeness (QED) is 0.350. The number of nitrogens with zero attached hydrogens (tertiary/aromatic N) is 2. The van der Waals surface area contributed by atoms with Crippen molar-refractivity contribution in [3.8, 4) is 11.1 Å². The second kappa shape index (κ2) is 14.9. The Morgan fingerprint density at radius 3 is 2.00 bits per heavy atom. The van der Waals surface area contributed by atoms with Crippen LogP contribution in [-0.2, 0) is 20.8 Å². The van der Waals surface area contributed by atoms with Crippen LogP contribution in [-0.4, -0.2) is 79.0 Å². The number of nitrogens with one attached hydrogen (secondary N) is 2. The molecular weight excluding hydrogens is 660 g/mol. The lowest BCUT2D eigenvalue weighted by molar-refractivity contribution is -0.929. The van der Waals surface area contributed by atoms with E-state index in [-0.39, 0.29) is 34.9 Å². The number of piperidine rings is 1. The molecule has 3 aromatic rings. The van der Waals surface area contributed by atoms with Gasteiger partial charge < -0.3 is 46.5 Å². The molecule has 1 aliphatic heterocycles. The van der Waals surface area contributed by atoms with E-state index in [1.54, 1.807) is 27.7 Å². The van der Waals surface area contributed by atoms with Gasteiger partial charge in [-0.05, 0) is 62.1 Å². The number of halogens is 1. The first kappa shape index (κ1) is 36.0. The Hall–Kier alpha value is -3.89. The van der Waals surface area contributed by atoms with Gasteiger partial charge in [0.05, 0.1) is 20.1 Å². The summed E-state index contributed by atoms with van der Waals surface area (Å²) in [6.45, 7) is 9.43. The Labute approximate surface area is 289 Å². The highest BCUT2D eigenvalue weighted by molar-refractivity contribution is 5.96. The summed E-state index contributed by atoms with van der Waals surface area (Å²) in [5.74, 6) is -0.264. The van der Waals surface area contributed by atoms with Gasteiger partial charge in [-0.3, -0.25) is 4.79 Å².